The summed E-state index contributed by atoms with van der Waals surface area (Å²) in [6.45, 7) is 4.75. The maximum atomic E-state index is 11.8. The number of thioether (sulfide) groups is 1. The van der Waals surface area contributed by atoms with E-state index in [0.29, 0.717) is 17.8 Å². The van der Waals surface area contributed by atoms with E-state index in [2.05, 4.69) is 22.5 Å². The number of hydrogen-bond acceptors (Lipinski definition) is 3. The van der Waals surface area contributed by atoms with Gasteiger partial charge in [0.25, 0.3) is 5.91 Å². The molecule has 2 atom stereocenters. The predicted octanol–water partition coefficient (Wildman–Crippen LogP) is 0.346. The number of carbonyl (C=O) groups is 1. The molecule has 2 unspecified atom stereocenters. The highest BCUT2D eigenvalue weighted by Crippen LogP contribution is 2.37. The van der Waals surface area contributed by atoms with E-state index in [1.807, 2.05) is 18.7 Å². The Hall–Kier alpha value is -0.710. The van der Waals surface area contributed by atoms with Crippen LogP contribution in [0.5, 0.6) is 0 Å². The van der Waals surface area contributed by atoms with Crippen LogP contribution in [0.2, 0.25) is 0 Å². The van der Waals surface area contributed by atoms with Gasteiger partial charge in [-0.2, -0.15) is 11.8 Å². The zero-order valence-corrected chi connectivity index (χ0v) is 9.28. The Balaban J connectivity index is 2.22. The average Bonchev–Trinajstić information content (AvgIpc) is 2.62. The molecule has 2 aliphatic rings. The molecule has 2 rings (SSSR count). The van der Waals surface area contributed by atoms with Crippen molar-refractivity contribution in [3.8, 4) is 0 Å². The number of guanidine groups is 1. The van der Waals surface area contributed by atoms with E-state index < -0.39 is 5.54 Å². The Labute approximate surface area is 87.9 Å². The first kappa shape index (κ1) is 9.83. The molecule has 2 N–H and O–H groups in total. The lowest BCUT2D eigenvalue weighted by molar-refractivity contribution is -0.123. The van der Waals surface area contributed by atoms with Crippen molar-refractivity contribution in [3.63, 3.8) is 0 Å². The van der Waals surface area contributed by atoms with Gasteiger partial charge in [0.15, 0.2) is 5.96 Å². The van der Waals surface area contributed by atoms with E-state index in [4.69, 9.17) is 0 Å². The summed E-state index contributed by atoms with van der Waals surface area (Å²) in [7, 11) is 0. The first-order valence-corrected chi connectivity index (χ1v) is 5.99. The second-order valence-electron chi connectivity index (χ2n) is 3.64. The number of carbonyl (C=O) groups excluding carboxylic acids is 1. The number of nitrogens with one attached hydrogen (secondary N) is 2. The predicted molar refractivity (Wildman–Crippen MR) is 58.5 cm³/mol. The summed E-state index contributed by atoms with van der Waals surface area (Å²) in [5.74, 6) is 1.77. The standard InChI is InChI=1S/C9H15N3OS/c1-3-10-8-11-7(13)9(12-8)4-5-14-6(9)2/h6H,3-5H2,1-2H3,(H2,10,11,12,13). The second kappa shape index (κ2) is 3.46. The van der Waals surface area contributed by atoms with Crippen molar-refractivity contribution in [1.82, 2.24) is 10.6 Å². The molecule has 5 heteroatoms. The van der Waals surface area contributed by atoms with Gasteiger partial charge in [-0.1, -0.05) is 6.92 Å². The number of aliphatic imine (C=N–C) groups is 1. The van der Waals surface area contributed by atoms with Crippen LogP contribution in [0.25, 0.3) is 0 Å². The maximum absolute atomic E-state index is 11.8. The lowest BCUT2D eigenvalue weighted by atomic mass is 9.93. The Kier molecular flexibility index (Phi) is 2.43. The topological polar surface area (TPSA) is 53.5 Å². The van der Waals surface area contributed by atoms with Crippen molar-refractivity contribution in [1.29, 1.82) is 0 Å². The molecule has 2 aliphatic heterocycles. The largest absolute Gasteiger partial charge is 0.341 e. The van der Waals surface area contributed by atoms with Crippen LogP contribution < -0.4 is 10.6 Å². The van der Waals surface area contributed by atoms with Gasteiger partial charge in [-0.15, -0.1) is 0 Å². The lowest BCUT2D eigenvalue weighted by Crippen LogP contribution is -2.51. The molecule has 2 heterocycles. The lowest BCUT2D eigenvalue weighted by Gasteiger charge is -2.24. The molecule has 0 radical (unpaired) electrons. The van der Waals surface area contributed by atoms with E-state index >= 15 is 0 Å². The summed E-state index contributed by atoms with van der Waals surface area (Å²) < 4.78 is 0. The Morgan fingerprint density at radius 1 is 1.71 bits per heavy atom. The first-order chi connectivity index (χ1) is 6.69. The van der Waals surface area contributed by atoms with Crippen LogP contribution in [0, 0.1) is 0 Å². The number of rotatable bonds is 1. The summed E-state index contributed by atoms with van der Waals surface area (Å²) in [6.07, 6.45) is 0.896. The first-order valence-electron chi connectivity index (χ1n) is 4.95. The molecule has 0 aromatic carbocycles. The second-order valence-corrected chi connectivity index (χ2v) is 5.09. The zero-order chi connectivity index (χ0) is 10.2. The van der Waals surface area contributed by atoms with Gasteiger partial charge >= 0.3 is 0 Å². The van der Waals surface area contributed by atoms with Gasteiger partial charge < -0.3 is 5.32 Å². The van der Waals surface area contributed by atoms with Crippen LogP contribution >= 0.6 is 11.8 Å². The third kappa shape index (κ3) is 1.30. The smallest absolute Gasteiger partial charge is 0.253 e. The zero-order valence-electron chi connectivity index (χ0n) is 8.46. The minimum atomic E-state index is -0.390. The molecule has 2 fully saturated rings. The average molecular weight is 213 g/mol. The highest BCUT2D eigenvalue weighted by Gasteiger charge is 2.52. The Morgan fingerprint density at radius 2 is 2.50 bits per heavy atom. The summed E-state index contributed by atoms with van der Waals surface area (Å²) in [6, 6.07) is 0. The molecule has 1 spiro atoms. The minimum absolute atomic E-state index is 0.0854. The maximum Gasteiger partial charge on any atom is 0.253 e. The van der Waals surface area contributed by atoms with Crippen LogP contribution in [0.4, 0.5) is 0 Å². The third-order valence-corrected chi connectivity index (χ3v) is 4.20. The molecule has 2 saturated heterocycles. The summed E-state index contributed by atoms with van der Waals surface area (Å²) in [5, 5.41) is 6.37. The van der Waals surface area contributed by atoms with Gasteiger partial charge in [-0.3, -0.25) is 15.1 Å². The number of nitrogens with zero attached hydrogens (tertiary/aromatic N) is 1. The van der Waals surface area contributed by atoms with Gasteiger partial charge in [-0.05, 0) is 19.1 Å². The molecule has 4 nitrogen and oxygen atoms in total. The molecule has 0 aromatic rings. The van der Waals surface area contributed by atoms with Gasteiger partial charge in [0, 0.05) is 11.8 Å². The molecule has 0 aromatic heterocycles. The van der Waals surface area contributed by atoms with Crippen molar-refractivity contribution in [2.75, 3.05) is 12.3 Å². The SMILES string of the molecule is CCN=C1NC(=O)C2(CCSC2C)N1. The van der Waals surface area contributed by atoms with Gasteiger partial charge in [-0.25, -0.2) is 0 Å². The van der Waals surface area contributed by atoms with E-state index in [9.17, 15) is 4.79 Å². The molecule has 0 aliphatic carbocycles. The summed E-state index contributed by atoms with van der Waals surface area (Å²) in [4.78, 5) is 16.0. The van der Waals surface area contributed by atoms with Gasteiger partial charge in [0.1, 0.15) is 5.54 Å². The number of hydrogen-bond donors (Lipinski definition) is 2. The highest BCUT2D eigenvalue weighted by atomic mass is 32.2. The van der Waals surface area contributed by atoms with Crippen LogP contribution in [-0.4, -0.2) is 35.0 Å². The molecule has 14 heavy (non-hydrogen) atoms. The fourth-order valence-corrected chi connectivity index (χ4v) is 3.32. The van der Waals surface area contributed by atoms with Gasteiger partial charge in [0.2, 0.25) is 0 Å². The van der Waals surface area contributed by atoms with Crippen molar-refractivity contribution >= 4 is 23.6 Å². The summed E-state index contributed by atoms with van der Waals surface area (Å²) >= 11 is 1.84. The van der Waals surface area contributed by atoms with Crippen LogP contribution in [-0.2, 0) is 4.79 Å². The fraction of sp³-hybridized carbons (Fsp3) is 0.778. The van der Waals surface area contributed by atoms with Crippen molar-refractivity contribution in [2.45, 2.75) is 31.1 Å². The van der Waals surface area contributed by atoms with E-state index in [1.165, 1.54) is 0 Å². The highest BCUT2D eigenvalue weighted by molar-refractivity contribution is 8.00. The van der Waals surface area contributed by atoms with Crippen LogP contribution in [0.1, 0.15) is 20.3 Å². The van der Waals surface area contributed by atoms with E-state index in [-0.39, 0.29) is 5.91 Å². The van der Waals surface area contributed by atoms with Crippen LogP contribution in [0.3, 0.4) is 0 Å². The minimum Gasteiger partial charge on any atom is -0.341 e. The third-order valence-electron chi connectivity index (χ3n) is 2.85. The van der Waals surface area contributed by atoms with Gasteiger partial charge in [0.05, 0.1) is 0 Å². The quantitative estimate of drug-likeness (QED) is 0.660. The fourth-order valence-electron chi connectivity index (χ4n) is 1.96. The van der Waals surface area contributed by atoms with E-state index in [0.717, 1.165) is 12.2 Å². The molecule has 1 amide bonds. The Morgan fingerprint density at radius 3 is 3.07 bits per heavy atom. The van der Waals surface area contributed by atoms with Crippen molar-refractivity contribution in [2.24, 2.45) is 4.99 Å². The monoisotopic (exact) mass is 213 g/mol. The van der Waals surface area contributed by atoms with Crippen molar-refractivity contribution < 1.29 is 4.79 Å². The molecular weight excluding hydrogens is 198 g/mol. The van der Waals surface area contributed by atoms with Crippen LogP contribution in [0.15, 0.2) is 4.99 Å². The molecular formula is C9H15N3OS. The molecule has 0 bridgehead atoms. The number of amides is 1. The Bertz CT molecular complexity index is 292. The molecule has 78 valence electrons. The van der Waals surface area contributed by atoms with E-state index in [1.54, 1.807) is 0 Å². The normalized spacial score (nSPS) is 39.1. The molecule has 0 saturated carbocycles. The summed E-state index contributed by atoms with van der Waals surface area (Å²) in [5.41, 5.74) is -0.390. The van der Waals surface area contributed by atoms with Crippen molar-refractivity contribution in [3.05, 3.63) is 0 Å².